The summed E-state index contributed by atoms with van der Waals surface area (Å²) in [6, 6.07) is 1.87. The van der Waals surface area contributed by atoms with E-state index in [1.165, 1.54) is 11.3 Å². The number of halogens is 3. The Bertz CT molecular complexity index is 523. The van der Waals surface area contributed by atoms with Crippen molar-refractivity contribution < 1.29 is 13.5 Å². The summed E-state index contributed by atoms with van der Waals surface area (Å²) < 4.78 is 28.4. The number of alkyl halides is 2. The van der Waals surface area contributed by atoms with Crippen molar-refractivity contribution in [1.82, 2.24) is 9.97 Å². The zero-order valence-electron chi connectivity index (χ0n) is 9.20. The normalized spacial score (nSPS) is 11.3. The van der Waals surface area contributed by atoms with Crippen LogP contribution in [0.5, 0.6) is 0 Å². The summed E-state index contributed by atoms with van der Waals surface area (Å²) in [6.45, 7) is 0.00265. The van der Waals surface area contributed by atoms with Crippen molar-refractivity contribution in [2.75, 3.05) is 25.1 Å². The molecule has 1 N–H and O–H groups in total. The Morgan fingerprint density at radius 2 is 2.28 bits per heavy atom. The van der Waals surface area contributed by atoms with E-state index >= 15 is 0 Å². The molecule has 18 heavy (non-hydrogen) atoms. The molecule has 0 bridgehead atoms. The van der Waals surface area contributed by atoms with Gasteiger partial charge in [0.2, 0.25) is 5.28 Å². The number of ether oxygens (including phenoxy) is 1. The second kappa shape index (κ2) is 6.21. The minimum atomic E-state index is -2.44. The van der Waals surface area contributed by atoms with Crippen molar-refractivity contribution in [2.45, 2.75) is 6.43 Å². The number of nitrogens with zero attached hydrogens (tertiary/aromatic N) is 2. The fourth-order valence-electron chi connectivity index (χ4n) is 1.38. The lowest BCUT2D eigenvalue weighted by molar-refractivity contribution is 0.0215. The van der Waals surface area contributed by atoms with E-state index in [1.807, 2.05) is 11.4 Å². The molecule has 2 rings (SSSR count). The number of anilines is 1. The van der Waals surface area contributed by atoms with Gasteiger partial charge in [0, 0.05) is 6.54 Å². The first-order chi connectivity index (χ1) is 8.66. The molecule has 0 aliphatic heterocycles. The summed E-state index contributed by atoms with van der Waals surface area (Å²) >= 11 is 7.23. The van der Waals surface area contributed by atoms with Crippen LogP contribution in [0.1, 0.15) is 0 Å². The fraction of sp³-hybridized carbons (Fsp3) is 0.400. The van der Waals surface area contributed by atoms with E-state index < -0.39 is 13.0 Å². The molecule has 0 atom stereocenters. The minimum absolute atomic E-state index is 0.154. The standard InChI is InChI=1S/C10H10ClF2N3OS/c11-10-15-8(6-1-4-18-9(6)16-10)14-2-3-17-5-7(12)13/h1,4,7H,2-3,5H2,(H,14,15,16). The van der Waals surface area contributed by atoms with Crippen LogP contribution in [0.4, 0.5) is 14.6 Å². The highest BCUT2D eigenvalue weighted by atomic mass is 35.5. The van der Waals surface area contributed by atoms with Gasteiger partial charge < -0.3 is 10.1 Å². The smallest absolute Gasteiger partial charge is 0.261 e. The van der Waals surface area contributed by atoms with Crippen molar-refractivity contribution >= 4 is 39.0 Å². The van der Waals surface area contributed by atoms with E-state index in [2.05, 4.69) is 15.3 Å². The van der Waals surface area contributed by atoms with Crippen LogP contribution in [-0.4, -0.2) is 36.2 Å². The minimum Gasteiger partial charge on any atom is -0.374 e. The molecule has 0 radical (unpaired) electrons. The molecule has 2 heterocycles. The predicted octanol–water partition coefficient (Wildman–Crippen LogP) is 3.04. The van der Waals surface area contributed by atoms with E-state index in [-0.39, 0.29) is 11.9 Å². The van der Waals surface area contributed by atoms with Gasteiger partial charge in [0.25, 0.3) is 6.43 Å². The van der Waals surface area contributed by atoms with Crippen LogP contribution in [0.25, 0.3) is 10.2 Å². The predicted molar refractivity (Wildman–Crippen MR) is 67.7 cm³/mol. The highest BCUT2D eigenvalue weighted by Gasteiger charge is 2.07. The van der Waals surface area contributed by atoms with Crippen LogP contribution in [-0.2, 0) is 4.74 Å². The van der Waals surface area contributed by atoms with Gasteiger partial charge in [0.1, 0.15) is 17.3 Å². The summed E-state index contributed by atoms with van der Waals surface area (Å²) in [5.74, 6) is 0.590. The van der Waals surface area contributed by atoms with Crippen LogP contribution in [0.3, 0.4) is 0 Å². The average Bonchev–Trinajstić information content (AvgIpc) is 2.75. The Labute approximate surface area is 111 Å². The SMILES string of the molecule is FC(F)COCCNc1nc(Cl)nc2sccc12. The molecule has 0 saturated carbocycles. The van der Waals surface area contributed by atoms with Gasteiger partial charge in [0.15, 0.2) is 0 Å². The Morgan fingerprint density at radius 1 is 1.44 bits per heavy atom. The highest BCUT2D eigenvalue weighted by molar-refractivity contribution is 7.16. The largest absolute Gasteiger partial charge is 0.374 e. The molecule has 8 heteroatoms. The van der Waals surface area contributed by atoms with Gasteiger partial charge in [-0.2, -0.15) is 0 Å². The molecule has 2 aromatic heterocycles. The molecule has 0 fully saturated rings. The molecular formula is C10H10ClF2N3OS. The van der Waals surface area contributed by atoms with Crippen molar-refractivity contribution in [1.29, 1.82) is 0 Å². The van der Waals surface area contributed by atoms with E-state index in [0.717, 1.165) is 10.2 Å². The first-order valence-electron chi connectivity index (χ1n) is 5.17. The second-order valence-corrected chi connectivity index (χ2v) is 4.61. The van der Waals surface area contributed by atoms with Gasteiger partial charge in [-0.25, -0.2) is 18.7 Å². The maximum Gasteiger partial charge on any atom is 0.261 e. The fourth-order valence-corrected chi connectivity index (χ4v) is 2.36. The third-order valence-electron chi connectivity index (χ3n) is 2.08. The molecule has 0 amide bonds. The quantitative estimate of drug-likeness (QED) is 0.657. The van der Waals surface area contributed by atoms with Crippen LogP contribution in [0.2, 0.25) is 5.28 Å². The lowest BCUT2D eigenvalue weighted by Gasteiger charge is -2.07. The molecular weight excluding hydrogens is 284 g/mol. The first-order valence-corrected chi connectivity index (χ1v) is 6.43. The third kappa shape index (κ3) is 3.47. The van der Waals surface area contributed by atoms with Crippen molar-refractivity contribution in [2.24, 2.45) is 0 Å². The number of fused-ring (bicyclic) bond motifs is 1. The van der Waals surface area contributed by atoms with Gasteiger partial charge in [-0.05, 0) is 23.0 Å². The Balaban J connectivity index is 1.93. The second-order valence-electron chi connectivity index (χ2n) is 3.37. The average molecular weight is 294 g/mol. The maximum absolute atomic E-state index is 11.8. The van der Waals surface area contributed by atoms with Gasteiger partial charge in [0.05, 0.1) is 12.0 Å². The molecule has 0 unspecified atom stereocenters. The molecule has 0 spiro atoms. The number of hydrogen-bond donors (Lipinski definition) is 1. The topological polar surface area (TPSA) is 47.0 Å². The summed E-state index contributed by atoms with van der Waals surface area (Å²) in [5, 5.41) is 5.89. The van der Waals surface area contributed by atoms with Gasteiger partial charge in [-0.1, -0.05) is 0 Å². The Morgan fingerprint density at radius 3 is 3.06 bits per heavy atom. The third-order valence-corrected chi connectivity index (χ3v) is 3.06. The molecule has 0 aliphatic rings. The molecule has 4 nitrogen and oxygen atoms in total. The Hall–Kier alpha value is -1.05. The maximum atomic E-state index is 11.8. The van der Waals surface area contributed by atoms with Gasteiger partial charge in [-0.15, -0.1) is 11.3 Å². The summed E-state index contributed by atoms with van der Waals surface area (Å²) in [4.78, 5) is 8.90. The molecule has 98 valence electrons. The molecule has 2 aromatic rings. The lowest BCUT2D eigenvalue weighted by Crippen LogP contribution is -2.14. The molecule has 0 saturated heterocycles. The molecule has 0 aromatic carbocycles. The van der Waals surface area contributed by atoms with Crippen LogP contribution < -0.4 is 5.32 Å². The van der Waals surface area contributed by atoms with E-state index in [0.29, 0.717) is 12.4 Å². The number of thiophene rings is 1. The van der Waals surface area contributed by atoms with Gasteiger partial charge >= 0.3 is 0 Å². The zero-order valence-corrected chi connectivity index (χ0v) is 10.8. The van der Waals surface area contributed by atoms with Crippen LogP contribution in [0, 0.1) is 0 Å². The van der Waals surface area contributed by atoms with E-state index in [9.17, 15) is 8.78 Å². The van der Waals surface area contributed by atoms with E-state index in [4.69, 9.17) is 16.3 Å². The molecule has 0 aliphatic carbocycles. The number of nitrogens with one attached hydrogen (secondary N) is 1. The lowest BCUT2D eigenvalue weighted by atomic mass is 10.4. The number of rotatable bonds is 6. The van der Waals surface area contributed by atoms with Crippen LogP contribution in [0.15, 0.2) is 11.4 Å². The van der Waals surface area contributed by atoms with Crippen LogP contribution >= 0.6 is 22.9 Å². The summed E-state index contributed by atoms with van der Waals surface area (Å²) in [5.41, 5.74) is 0. The monoisotopic (exact) mass is 293 g/mol. The zero-order chi connectivity index (χ0) is 13.0. The van der Waals surface area contributed by atoms with Crippen molar-refractivity contribution in [3.63, 3.8) is 0 Å². The number of aromatic nitrogens is 2. The summed E-state index contributed by atoms with van der Waals surface area (Å²) in [7, 11) is 0. The Kier molecular flexibility index (Phi) is 4.62. The highest BCUT2D eigenvalue weighted by Crippen LogP contribution is 2.26. The van der Waals surface area contributed by atoms with E-state index in [1.54, 1.807) is 0 Å². The van der Waals surface area contributed by atoms with Gasteiger partial charge in [-0.3, -0.25) is 0 Å². The first kappa shape index (κ1) is 13.4. The van der Waals surface area contributed by atoms with Crippen molar-refractivity contribution in [3.8, 4) is 0 Å². The van der Waals surface area contributed by atoms with Crippen molar-refractivity contribution in [3.05, 3.63) is 16.7 Å². The number of hydrogen-bond acceptors (Lipinski definition) is 5. The summed E-state index contributed by atoms with van der Waals surface area (Å²) in [6.07, 6.45) is -2.44.